The molecule has 0 aromatic heterocycles. The third kappa shape index (κ3) is 3.89. The maximum atomic E-state index is 13.9. The average Bonchev–Trinajstić information content (AvgIpc) is 2.31. The van der Waals surface area contributed by atoms with Crippen LogP contribution in [0, 0.1) is 18.2 Å². The topological polar surface area (TPSA) is 92.4 Å². The van der Waals surface area contributed by atoms with Crippen LogP contribution < -0.4 is 10.5 Å². The summed E-state index contributed by atoms with van der Waals surface area (Å²) in [5.41, 5.74) is 5.26. The van der Waals surface area contributed by atoms with Crippen LogP contribution in [0.2, 0.25) is 0 Å². The molecule has 19 heavy (non-hydrogen) atoms. The fraction of sp³-hybridized carbons (Fsp3) is 0.500. The Hall–Kier alpha value is -1.18. The molecule has 0 fully saturated rings. The summed E-state index contributed by atoms with van der Waals surface area (Å²) in [6.07, 6.45) is 0. The van der Waals surface area contributed by atoms with Crippen molar-refractivity contribution in [2.45, 2.75) is 25.7 Å². The predicted molar refractivity (Wildman–Crippen MR) is 71.6 cm³/mol. The number of anilines is 1. The zero-order valence-corrected chi connectivity index (χ0v) is 12.0. The smallest absolute Gasteiger partial charge is 0.243 e. The second-order valence-electron chi connectivity index (χ2n) is 5.30. The number of benzene rings is 1. The van der Waals surface area contributed by atoms with E-state index in [2.05, 4.69) is 4.72 Å². The number of aliphatic hydroxyl groups is 1. The second kappa shape index (κ2) is 5.44. The average molecular weight is 290 g/mol. The molecule has 0 unspecified atom stereocenters. The molecule has 4 N–H and O–H groups in total. The van der Waals surface area contributed by atoms with E-state index in [1.54, 1.807) is 13.8 Å². The number of hydrogen-bond acceptors (Lipinski definition) is 4. The minimum absolute atomic E-state index is 0.000873. The van der Waals surface area contributed by atoms with E-state index < -0.39 is 26.2 Å². The molecule has 7 heteroatoms. The van der Waals surface area contributed by atoms with Gasteiger partial charge in [0.05, 0.1) is 0 Å². The summed E-state index contributed by atoms with van der Waals surface area (Å²) in [6, 6.07) is 2.45. The number of sulfonamides is 1. The van der Waals surface area contributed by atoms with Crippen molar-refractivity contribution in [1.82, 2.24) is 4.72 Å². The molecule has 1 aromatic carbocycles. The number of nitrogens with two attached hydrogens (primary N) is 1. The Kier molecular flexibility index (Phi) is 4.54. The van der Waals surface area contributed by atoms with Crippen molar-refractivity contribution in [3.8, 4) is 0 Å². The number of nitrogen functional groups attached to an aromatic ring is 1. The number of aryl methyl sites for hydroxylation is 1. The molecule has 108 valence electrons. The van der Waals surface area contributed by atoms with Gasteiger partial charge in [0.25, 0.3) is 0 Å². The van der Waals surface area contributed by atoms with Crippen LogP contribution in [0.1, 0.15) is 19.4 Å². The highest BCUT2D eigenvalue weighted by Crippen LogP contribution is 2.22. The van der Waals surface area contributed by atoms with Gasteiger partial charge in [-0.3, -0.25) is 0 Å². The highest BCUT2D eigenvalue weighted by atomic mass is 32.2. The zero-order valence-electron chi connectivity index (χ0n) is 11.2. The first-order chi connectivity index (χ1) is 8.59. The molecule has 0 spiro atoms. The molecule has 0 amide bonds. The Morgan fingerprint density at radius 1 is 1.42 bits per heavy atom. The Bertz CT molecular complexity index is 571. The monoisotopic (exact) mass is 290 g/mol. The quantitative estimate of drug-likeness (QED) is 0.706. The van der Waals surface area contributed by atoms with Gasteiger partial charge < -0.3 is 10.8 Å². The van der Waals surface area contributed by atoms with Gasteiger partial charge in [-0.05, 0) is 24.6 Å². The van der Waals surface area contributed by atoms with Crippen LogP contribution >= 0.6 is 0 Å². The van der Waals surface area contributed by atoms with Crippen LogP contribution in [0.15, 0.2) is 17.0 Å². The number of rotatable bonds is 5. The molecular formula is C12H19FN2O3S. The van der Waals surface area contributed by atoms with Crippen LogP contribution in [-0.2, 0) is 10.0 Å². The minimum Gasteiger partial charge on any atom is -0.399 e. The van der Waals surface area contributed by atoms with E-state index in [4.69, 9.17) is 10.8 Å². The first-order valence-corrected chi connectivity index (χ1v) is 7.23. The Balaban J connectivity index is 3.08. The molecule has 0 atom stereocenters. The van der Waals surface area contributed by atoms with Crippen molar-refractivity contribution < 1.29 is 17.9 Å². The molecule has 0 aliphatic carbocycles. The van der Waals surface area contributed by atoms with Crippen molar-refractivity contribution in [2.75, 3.05) is 18.9 Å². The SMILES string of the molecule is Cc1cc(N)cc(S(=O)(=O)NCC(C)(C)CO)c1F. The van der Waals surface area contributed by atoms with Crippen LogP contribution in [0.25, 0.3) is 0 Å². The summed E-state index contributed by atoms with van der Waals surface area (Å²) in [5.74, 6) is -0.816. The largest absolute Gasteiger partial charge is 0.399 e. The molecule has 0 saturated heterocycles. The van der Waals surface area contributed by atoms with E-state index in [0.29, 0.717) is 0 Å². The molecule has 0 aliphatic rings. The molecule has 0 radical (unpaired) electrons. The van der Waals surface area contributed by atoms with E-state index in [9.17, 15) is 12.8 Å². The number of aliphatic hydroxyl groups excluding tert-OH is 1. The first kappa shape index (κ1) is 15.9. The standard InChI is InChI=1S/C12H19FN2O3S/c1-8-4-9(14)5-10(11(8)13)19(17,18)15-6-12(2,3)7-16/h4-5,15-16H,6-7,14H2,1-3H3. The molecule has 0 aliphatic heterocycles. The fourth-order valence-corrected chi connectivity index (χ4v) is 2.81. The van der Waals surface area contributed by atoms with Crippen LogP contribution in [0.5, 0.6) is 0 Å². The molecule has 1 rings (SSSR count). The Morgan fingerprint density at radius 3 is 2.53 bits per heavy atom. The minimum atomic E-state index is -4.00. The molecule has 5 nitrogen and oxygen atoms in total. The second-order valence-corrected chi connectivity index (χ2v) is 7.03. The molecular weight excluding hydrogens is 271 g/mol. The summed E-state index contributed by atoms with van der Waals surface area (Å²) < 4.78 is 40.2. The van der Waals surface area contributed by atoms with E-state index >= 15 is 0 Å². The Morgan fingerprint density at radius 2 is 2.00 bits per heavy atom. The normalized spacial score (nSPS) is 12.7. The van der Waals surface area contributed by atoms with Gasteiger partial charge >= 0.3 is 0 Å². The van der Waals surface area contributed by atoms with E-state index in [-0.39, 0.29) is 24.4 Å². The lowest BCUT2D eigenvalue weighted by atomic mass is 9.96. The lowest BCUT2D eigenvalue weighted by molar-refractivity contribution is 0.163. The lowest BCUT2D eigenvalue weighted by Crippen LogP contribution is -2.36. The van der Waals surface area contributed by atoms with Gasteiger partial charge in [-0.15, -0.1) is 0 Å². The fourth-order valence-electron chi connectivity index (χ4n) is 1.38. The van der Waals surface area contributed by atoms with Gasteiger partial charge in [0, 0.05) is 24.3 Å². The summed E-state index contributed by atoms with van der Waals surface area (Å²) in [7, 11) is -4.00. The van der Waals surface area contributed by atoms with Crippen LogP contribution in [0.4, 0.5) is 10.1 Å². The summed E-state index contributed by atoms with van der Waals surface area (Å²) in [6.45, 7) is 4.64. The van der Waals surface area contributed by atoms with Gasteiger partial charge in [-0.2, -0.15) is 0 Å². The van der Waals surface area contributed by atoms with Crippen LogP contribution in [0.3, 0.4) is 0 Å². The van der Waals surface area contributed by atoms with Crippen molar-refractivity contribution in [2.24, 2.45) is 5.41 Å². The molecule has 0 saturated carbocycles. The van der Waals surface area contributed by atoms with Gasteiger partial charge in [0.2, 0.25) is 10.0 Å². The number of halogens is 1. The van der Waals surface area contributed by atoms with Crippen molar-refractivity contribution in [3.63, 3.8) is 0 Å². The highest BCUT2D eigenvalue weighted by Gasteiger charge is 2.25. The summed E-state index contributed by atoms with van der Waals surface area (Å²) in [5, 5.41) is 9.08. The maximum Gasteiger partial charge on any atom is 0.243 e. The summed E-state index contributed by atoms with van der Waals surface area (Å²) in [4.78, 5) is -0.473. The Labute approximate surface area is 112 Å². The highest BCUT2D eigenvalue weighted by molar-refractivity contribution is 7.89. The van der Waals surface area contributed by atoms with Gasteiger partial charge in [0.15, 0.2) is 0 Å². The van der Waals surface area contributed by atoms with E-state index in [1.807, 2.05) is 0 Å². The van der Waals surface area contributed by atoms with Gasteiger partial charge in [-0.1, -0.05) is 13.8 Å². The van der Waals surface area contributed by atoms with Crippen LogP contribution in [-0.4, -0.2) is 26.7 Å². The van der Waals surface area contributed by atoms with Crippen molar-refractivity contribution >= 4 is 15.7 Å². The zero-order chi connectivity index (χ0) is 14.8. The van der Waals surface area contributed by atoms with Crippen molar-refractivity contribution in [3.05, 3.63) is 23.5 Å². The van der Waals surface area contributed by atoms with Crippen molar-refractivity contribution in [1.29, 1.82) is 0 Å². The summed E-state index contributed by atoms with van der Waals surface area (Å²) >= 11 is 0. The molecule has 0 heterocycles. The lowest BCUT2D eigenvalue weighted by Gasteiger charge is -2.22. The third-order valence-corrected chi connectivity index (χ3v) is 4.10. The number of hydrogen-bond donors (Lipinski definition) is 3. The predicted octanol–water partition coefficient (Wildman–Crippen LogP) is 1.01. The first-order valence-electron chi connectivity index (χ1n) is 5.75. The third-order valence-electron chi connectivity index (χ3n) is 2.70. The van der Waals surface area contributed by atoms with Gasteiger partial charge in [-0.25, -0.2) is 17.5 Å². The van der Waals surface area contributed by atoms with E-state index in [0.717, 1.165) is 6.07 Å². The molecule has 1 aromatic rings. The van der Waals surface area contributed by atoms with E-state index in [1.165, 1.54) is 13.0 Å². The van der Waals surface area contributed by atoms with Gasteiger partial charge in [0.1, 0.15) is 10.7 Å². The number of nitrogens with one attached hydrogen (secondary N) is 1. The maximum absolute atomic E-state index is 13.9. The molecule has 0 bridgehead atoms.